The number of hydrogen-bond acceptors (Lipinski definition) is 3. The van der Waals surface area contributed by atoms with Crippen LogP contribution in [0.3, 0.4) is 0 Å². The van der Waals surface area contributed by atoms with Crippen molar-refractivity contribution in [2.45, 2.75) is 45.8 Å². The quantitative estimate of drug-likeness (QED) is 0.740. The lowest BCUT2D eigenvalue weighted by molar-refractivity contribution is 0.428. The average molecular weight is 182 g/mol. The van der Waals surface area contributed by atoms with Crippen LogP contribution in [0.25, 0.3) is 0 Å². The largest absolute Gasteiger partial charge is 0.312 e. The monoisotopic (exact) mass is 182 g/mol. The van der Waals surface area contributed by atoms with Gasteiger partial charge in [0.2, 0.25) is 0 Å². The van der Waals surface area contributed by atoms with Gasteiger partial charge in [-0.2, -0.15) is 5.10 Å². The van der Waals surface area contributed by atoms with Gasteiger partial charge in [-0.15, -0.1) is 0 Å². The Balaban J connectivity index is 2.19. The molecule has 0 saturated carbocycles. The smallest absolute Gasteiger partial charge is 0.137 e. The maximum Gasteiger partial charge on any atom is 0.137 e. The molecule has 1 unspecified atom stereocenters. The van der Waals surface area contributed by atoms with Crippen LogP contribution in [0, 0.1) is 0 Å². The van der Waals surface area contributed by atoms with Crippen LogP contribution >= 0.6 is 0 Å². The van der Waals surface area contributed by atoms with Crippen LogP contribution in [0.4, 0.5) is 0 Å². The highest BCUT2D eigenvalue weighted by molar-refractivity contribution is 4.65. The molecule has 74 valence electrons. The van der Waals surface area contributed by atoms with E-state index in [0.29, 0.717) is 12.1 Å². The Morgan fingerprint density at radius 2 is 2.15 bits per heavy atom. The average Bonchev–Trinajstić information content (AvgIpc) is 2.51. The summed E-state index contributed by atoms with van der Waals surface area (Å²) in [6, 6.07) is 1.08. The van der Waals surface area contributed by atoms with E-state index in [1.54, 1.807) is 12.7 Å². The predicted octanol–water partition coefficient (Wildman–Crippen LogP) is 1.05. The lowest BCUT2D eigenvalue weighted by Gasteiger charge is -2.16. The summed E-state index contributed by atoms with van der Waals surface area (Å²) in [5.74, 6) is 0. The maximum absolute atomic E-state index is 4.05. The summed E-state index contributed by atoms with van der Waals surface area (Å²) < 4.78 is 1.86. The molecule has 1 aromatic rings. The van der Waals surface area contributed by atoms with Gasteiger partial charge in [0.1, 0.15) is 12.7 Å². The summed E-state index contributed by atoms with van der Waals surface area (Å²) in [7, 11) is 0. The van der Waals surface area contributed by atoms with Crippen LogP contribution < -0.4 is 5.32 Å². The van der Waals surface area contributed by atoms with E-state index < -0.39 is 0 Å². The molecular weight excluding hydrogens is 164 g/mol. The molecule has 1 aromatic heterocycles. The number of aromatic nitrogens is 3. The summed E-state index contributed by atoms with van der Waals surface area (Å²) in [5.41, 5.74) is 0. The number of aryl methyl sites for hydroxylation is 1. The zero-order chi connectivity index (χ0) is 9.68. The van der Waals surface area contributed by atoms with Crippen molar-refractivity contribution in [3.05, 3.63) is 12.7 Å². The molecule has 0 aromatic carbocycles. The fourth-order valence-electron chi connectivity index (χ4n) is 1.33. The Morgan fingerprint density at radius 1 is 1.38 bits per heavy atom. The Morgan fingerprint density at radius 3 is 2.69 bits per heavy atom. The molecule has 0 aliphatic heterocycles. The Hall–Kier alpha value is -0.900. The predicted molar refractivity (Wildman–Crippen MR) is 52.4 cm³/mol. The molecule has 13 heavy (non-hydrogen) atoms. The second-order valence-electron chi connectivity index (χ2n) is 3.67. The minimum atomic E-state index is 0.532. The molecule has 0 aliphatic carbocycles. The van der Waals surface area contributed by atoms with Crippen molar-refractivity contribution >= 4 is 0 Å². The third-order valence-corrected chi connectivity index (χ3v) is 1.88. The van der Waals surface area contributed by atoms with Crippen LogP contribution in [0.2, 0.25) is 0 Å². The topological polar surface area (TPSA) is 42.7 Å². The van der Waals surface area contributed by atoms with Crippen molar-refractivity contribution in [3.63, 3.8) is 0 Å². The van der Waals surface area contributed by atoms with Crippen molar-refractivity contribution in [2.75, 3.05) is 0 Å². The molecule has 1 rings (SSSR count). The van der Waals surface area contributed by atoms with E-state index in [2.05, 4.69) is 36.2 Å². The molecule has 0 bridgehead atoms. The first-order chi connectivity index (χ1) is 6.18. The number of hydrogen-bond donors (Lipinski definition) is 1. The van der Waals surface area contributed by atoms with Gasteiger partial charge in [0.15, 0.2) is 0 Å². The van der Waals surface area contributed by atoms with Gasteiger partial charge < -0.3 is 5.32 Å². The second kappa shape index (κ2) is 4.97. The molecule has 1 atom stereocenters. The molecular formula is C9H18N4. The van der Waals surface area contributed by atoms with Gasteiger partial charge >= 0.3 is 0 Å². The van der Waals surface area contributed by atoms with E-state index in [4.69, 9.17) is 0 Å². The van der Waals surface area contributed by atoms with E-state index in [-0.39, 0.29) is 0 Å². The highest BCUT2D eigenvalue weighted by atomic mass is 15.3. The third kappa shape index (κ3) is 4.03. The fourth-order valence-corrected chi connectivity index (χ4v) is 1.33. The first-order valence-corrected chi connectivity index (χ1v) is 4.77. The summed E-state index contributed by atoms with van der Waals surface area (Å²) in [6.45, 7) is 7.44. The zero-order valence-electron chi connectivity index (χ0n) is 8.57. The molecule has 4 heteroatoms. The standard InChI is InChI=1S/C9H18N4/c1-8(2)12-9(3)4-5-13-7-10-6-11-13/h6-9,12H,4-5H2,1-3H3. The molecule has 0 amide bonds. The fraction of sp³-hybridized carbons (Fsp3) is 0.778. The van der Waals surface area contributed by atoms with Crippen LogP contribution in [0.5, 0.6) is 0 Å². The number of nitrogens with zero attached hydrogens (tertiary/aromatic N) is 3. The summed E-state index contributed by atoms with van der Waals surface area (Å²) in [6.07, 6.45) is 4.41. The van der Waals surface area contributed by atoms with Crippen LogP contribution in [-0.4, -0.2) is 26.8 Å². The summed E-state index contributed by atoms with van der Waals surface area (Å²) in [5, 5.41) is 7.49. The van der Waals surface area contributed by atoms with E-state index in [1.165, 1.54) is 0 Å². The Kier molecular flexibility index (Phi) is 3.89. The van der Waals surface area contributed by atoms with E-state index >= 15 is 0 Å². The lowest BCUT2D eigenvalue weighted by Crippen LogP contribution is -2.33. The molecule has 4 nitrogen and oxygen atoms in total. The number of nitrogens with one attached hydrogen (secondary N) is 1. The Bertz CT molecular complexity index is 218. The van der Waals surface area contributed by atoms with E-state index in [1.807, 2.05) is 4.68 Å². The number of rotatable bonds is 5. The molecule has 1 heterocycles. The molecule has 1 N–H and O–H groups in total. The first-order valence-electron chi connectivity index (χ1n) is 4.77. The molecule has 0 saturated heterocycles. The summed E-state index contributed by atoms with van der Waals surface area (Å²) >= 11 is 0. The van der Waals surface area contributed by atoms with E-state index in [0.717, 1.165) is 13.0 Å². The normalized spacial score (nSPS) is 13.5. The van der Waals surface area contributed by atoms with Gasteiger partial charge in [0.25, 0.3) is 0 Å². The first kappa shape index (κ1) is 10.2. The van der Waals surface area contributed by atoms with E-state index in [9.17, 15) is 0 Å². The minimum absolute atomic E-state index is 0.532. The van der Waals surface area contributed by atoms with Crippen LogP contribution in [-0.2, 0) is 6.54 Å². The van der Waals surface area contributed by atoms with Crippen LogP contribution in [0.15, 0.2) is 12.7 Å². The van der Waals surface area contributed by atoms with Crippen molar-refractivity contribution in [1.29, 1.82) is 0 Å². The minimum Gasteiger partial charge on any atom is -0.312 e. The summed E-state index contributed by atoms with van der Waals surface area (Å²) in [4.78, 5) is 3.89. The van der Waals surface area contributed by atoms with Gasteiger partial charge in [-0.3, -0.25) is 4.68 Å². The van der Waals surface area contributed by atoms with Crippen molar-refractivity contribution in [1.82, 2.24) is 20.1 Å². The molecule has 0 spiro atoms. The van der Waals surface area contributed by atoms with Gasteiger partial charge in [0.05, 0.1) is 0 Å². The lowest BCUT2D eigenvalue weighted by atomic mass is 10.2. The van der Waals surface area contributed by atoms with Gasteiger partial charge in [-0.05, 0) is 13.3 Å². The maximum atomic E-state index is 4.05. The SMILES string of the molecule is CC(C)NC(C)CCn1cncn1. The van der Waals surface area contributed by atoms with Crippen LogP contribution in [0.1, 0.15) is 27.2 Å². The second-order valence-corrected chi connectivity index (χ2v) is 3.67. The van der Waals surface area contributed by atoms with Crippen molar-refractivity contribution in [3.8, 4) is 0 Å². The van der Waals surface area contributed by atoms with Gasteiger partial charge in [-0.1, -0.05) is 13.8 Å². The van der Waals surface area contributed by atoms with Crippen molar-refractivity contribution in [2.24, 2.45) is 0 Å². The van der Waals surface area contributed by atoms with Gasteiger partial charge in [-0.25, -0.2) is 4.98 Å². The molecule has 0 radical (unpaired) electrons. The Labute approximate surface area is 79.4 Å². The highest BCUT2D eigenvalue weighted by Crippen LogP contribution is 1.95. The third-order valence-electron chi connectivity index (χ3n) is 1.88. The zero-order valence-corrected chi connectivity index (χ0v) is 8.57. The highest BCUT2D eigenvalue weighted by Gasteiger charge is 2.03. The molecule has 0 fully saturated rings. The van der Waals surface area contributed by atoms with Crippen molar-refractivity contribution < 1.29 is 0 Å². The van der Waals surface area contributed by atoms with Gasteiger partial charge in [0, 0.05) is 18.6 Å². The molecule has 0 aliphatic rings.